The Balaban J connectivity index is 2.33. The summed E-state index contributed by atoms with van der Waals surface area (Å²) in [7, 11) is 0. The normalized spacial score (nSPS) is 29.3. The Bertz CT molecular complexity index is 202. The maximum atomic E-state index is 4.63. The first-order valence-corrected chi connectivity index (χ1v) is 2.81. The van der Waals surface area contributed by atoms with Crippen LogP contribution in [0.2, 0.25) is 0 Å². The molecular formula is C6H6N2O. The highest BCUT2D eigenvalue weighted by atomic mass is 16.8. The van der Waals surface area contributed by atoms with E-state index in [1.807, 2.05) is 24.3 Å². The SMILES string of the molecule is C1=CC2=NONC2C=C1. The van der Waals surface area contributed by atoms with Crippen LogP contribution in [0.25, 0.3) is 0 Å². The molecule has 0 aromatic carbocycles. The van der Waals surface area contributed by atoms with Crippen LogP contribution < -0.4 is 5.48 Å². The number of hydroxylamine groups is 1. The molecule has 46 valence electrons. The maximum absolute atomic E-state index is 4.63. The molecule has 0 saturated carbocycles. The van der Waals surface area contributed by atoms with E-state index in [4.69, 9.17) is 0 Å². The van der Waals surface area contributed by atoms with Crippen LogP contribution in [0.4, 0.5) is 0 Å². The van der Waals surface area contributed by atoms with Crippen LogP contribution in [-0.2, 0) is 4.94 Å². The van der Waals surface area contributed by atoms with E-state index in [1.165, 1.54) is 0 Å². The van der Waals surface area contributed by atoms with Gasteiger partial charge in [0.2, 0.25) is 0 Å². The van der Waals surface area contributed by atoms with Crippen molar-refractivity contribution in [2.45, 2.75) is 6.04 Å². The first-order chi connectivity index (χ1) is 4.47. The highest BCUT2D eigenvalue weighted by molar-refractivity contribution is 6.01. The van der Waals surface area contributed by atoms with Crippen molar-refractivity contribution in [1.82, 2.24) is 5.48 Å². The first-order valence-electron chi connectivity index (χ1n) is 2.81. The van der Waals surface area contributed by atoms with Crippen molar-refractivity contribution in [3.05, 3.63) is 24.3 Å². The van der Waals surface area contributed by atoms with Crippen LogP contribution in [-0.4, -0.2) is 11.8 Å². The van der Waals surface area contributed by atoms with E-state index in [-0.39, 0.29) is 6.04 Å². The van der Waals surface area contributed by atoms with Gasteiger partial charge >= 0.3 is 0 Å². The zero-order valence-electron chi connectivity index (χ0n) is 4.74. The van der Waals surface area contributed by atoms with Gasteiger partial charge in [-0.25, -0.2) is 0 Å². The highest BCUT2D eigenvalue weighted by Crippen LogP contribution is 2.06. The zero-order valence-corrected chi connectivity index (χ0v) is 4.74. The van der Waals surface area contributed by atoms with Crippen molar-refractivity contribution in [2.75, 3.05) is 0 Å². The Labute approximate surface area is 52.6 Å². The Kier molecular flexibility index (Phi) is 0.899. The molecular weight excluding hydrogens is 116 g/mol. The molecule has 0 saturated heterocycles. The zero-order chi connectivity index (χ0) is 6.10. The number of oxime groups is 1. The van der Waals surface area contributed by atoms with E-state index in [0.29, 0.717) is 0 Å². The summed E-state index contributed by atoms with van der Waals surface area (Å²) in [5.74, 6) is 0. The van der Waals surface area contributed by atoms with E-state index in [9.17, 15) is 0 Å². The quantitative estimate of drug-likeness (QED) is 0.503. The number of nitrogens with zero attached hydrogens (tertiary/aromatic N) is 1. The number of hydrogen-bond donors (Lipinski definition) is 1. The van der Waals surface area contributed by atoms with Crippen LogP contribution in [0.3, 0.4) is 0 Å². The average Bonchev–Trinajstić information content (AvgIpc) is 2.33. The Morgan fingerprint density at radius 1 is 1.56 bits per heavy atom. The molecule has 1 unspecified atom stereocenters. The number of nitrogens with one attached hydrogen (secondary N) is 1. The predicted octanol–water partition coefficient (Wildman–Crippen LogP) is 0.372. The molecule has 0 radical (unpaired) electrons. The summed E-state index contributed by atoms with van der Waals surface area (Å²) in [5.41, 5.74) is 3.66. The number of hydrogen-bond acceptors (Lipinski definition) is 3. The van der Waals surface area contributed by atoms with Crippen LogP contribution >= 0.6 is 0 Å². The molecule has 0 spiro atoms. The third kappa shape index (κ3) is 0.658. The van der Waals surface area contributed by atoms with Crippen LogP contribution in [0.1, 0.15) is 0 Å². The summed E-state index contributed by atoms with van der Waals surface area (Å²) in [5, 5.41) is 3.73. The molecule has 0 bridgehead atoms. The van der Waals surface area contributed by atoms with E-state index in [0.717, 1.165) is 5.71 Å². The topological polar surface area (TPSA) is 33.6 Å². The standard InChI is InChI=1S/C6H6N2O/c1-2-4-6-5(3-1)7-9-8-6/h1-5,7H. The fourth-order valence-electron chi connectivity index (χ4n) is 0.854. The predicted molar refractivity (Wildman–Crippen MR) is 33.7 cm³/mol. The molecule has 1 aliphatic heterocycles. The number of rotatable bonds is 0. The van der Waals surface area contributed by atoms with Gasteiger partial charge in [0.25, 0.3) is 0 Å². The number of allylic oxidation sites excluding steroid dienone is 2. The second kappa shape index (κ2) is 1.70. The Morgan fingerprint density at radius 2 is 2.56 bits per heavy atom. The molecule has 3 heteroatoms. The largest absolute Gasteiger partial charge is 0.298 e. The highest BCUT2D eigenvalue weighted by Gasteiger charge is 2.18. The lowest BCUT2D eigenvalue weighted by atomic mass is 10.1. The first kappa shape index (κ1) is 4.76. The van der Waals surface area contributed by atoms with E-state index in [1.54, 1.807) is 0 Å². The molecule has 3 nitrogen and oxygen atoms in total. The Hall–Kier alpha value is -1.09. The fraction of sp³-hybridized carbons (Fsp3) is 0.167. The van der Waals surface area contributed by atoms with Gasteiger partial charge in [0.15, 0.2) is 0 Å². The summed E-state index contributed by atoms with van der Waals surface area (Å²) in [6.45, 7) is 0. The molecule has 0 fully saturated rings. The smallest absolute Gasteiger partial charge is 0.109 e. The second-order valence-electron chi connectivity index (χ2n) is 1.95. The summed E-state index contributed by atoms with van der Waals surface area (Å²) in [6.07, 6.45) is 7.81. The molecule has 1 atom stereocenters. The Morgan fingerprint density at radius 3 is 3.44 bits per heavy atom. The monoisotopic (exact) mass is 122 g/mol. The van der Waals surface area contributed by atoms with E-state index >= 15 is 0 Å². The van der Waals surface area contributed by atoms with Crippen molar-refractivity contribution in [3.8, 4) is 0 Å². The minimum absolute atomic E-state index is 0.176. The van der Waals surface area contributed by atoms with Gasteiger partial charge in [-0.1, -0.05) is 23.4 Å². The molecule has 2 rings (SSSR count). The van der Waals surface area contributed by atoms with E-state index < -0.39 is 0 Å². The maximum Gasteiger partial charge on any atom is 0.109 e. The van der Waals surface area contributed by atoms with Gasteiger partial charge in [-0.3, -0.25) is 4.94 Å². The van der Waals surface area contributed by atoms with Crippen molar-refractivity contribution in [1.29, 1.82) is 0 Å². The summed E-state index contributed by atoms with van der Waals surface area (Å²) in [6, 6.07) is 0.176. The van der Waals surface area contributed by atoms with Crippen molar-refractivity contribution in [3.63, 3.8) is 0 Å². The molecule has 0 aromatic rings. The molecule has 1 heterocycles. The van der Waals surface area contributed by atoms with Crippen LogP contribution in [0.15, 0.2) is 29.5 Å². The van der Waals surface area contributed by atoms with Gasteiger partial charge in [0, 0.05) is 0 Å². The van der Waals surface area contributed by atoms with Gasteiger partial charge in [-0.15, -0.1) is 5.48 Å². The fourth-order valence-corrected chi connectivity index (χ4v) is 0.854. The molecule has 1 aliphatic carbocycles. The molecule has 2 aliphatic rings. The number of fused-ring (bicyclic) bond motifs is 1. The van der Waals surface area contributed by atoms with Gasteiger partial charge in [0.05, 0.1) is 0 Å². The summed E-state index contributed by atoms with van der Waals surface area (Å²) < 4.78 is 0. The van der Waals surface area contributed by atoms with Gasteiger partial charge in [-0.2, -0.15) is 0 Å². The lowest BCUT2D eigenvalue weighted by Crippen LogP contribution is -2.26. The second-order valence-corrected chi connectivity index (χ2v) is 1.95. The lowest BCUT2D eigenvalue weighted by Gasteiger charge is -2.02. The van der Waals surface area contributed by atoms with Gasteiger partial charge in [0.1, 0.15) is 11.8 Å². The van der Waals surface area contributed by atoms with Crippen LogP contribution in [0, 0.1) is 0 Å². The molecule has 0 amide bonds. The lowest BCUT2D eigenvalue weighted by molar-refractivity contribution is 0.0672. The summed E-state index contributed by atoms with van der Waals surface area (Å²) in [4.78, 5) is 4.63. The minimum atomic E-state index is 0.176. The minimum Gasteiger partial charge on any atom is -0.298 e. The summed E-state index contributed by atoms with van der Waals surface area (Å²) >= 11 is 0. The molecule has 0 aromatic heterocycles. The van der Waals surface area contributed by atoms with Crippen molar-refractivity contribution in [2.24, 2.45) is 5.16 Å². The van der Waals surface area contributed by atoms with Gasteiger partial charge < -0.3 is 0 Å². The third-order valence-electron chi connectivity index (χ3n) is 1.33. The van der Waals surface area contributed by atoms with E-state index in [2.05, 4.69) is 15.6 Å². The van der Waals surface area contributed by atoms with Crippen LogP contribution in [0.5, 0.6) is 0 Å². The third-order valence-corrected chi connectivity index (χ3v) is 1.33. The molecule has 1 N–H and O–H groups in total. The van der Waals surface area contributed by atoms with Gasteiger partial charge in [-0.05, 0) is 6.08 Å². The molecule has 9 heavy (non-hydrogen) atoms. The average molecular weight is 122 g/mol. The van der Waals surface area contributed by atoms with Crippen molar-refractivity contribution >= 4 is 5.71 Å². The van der Waals surface area contributed by atoms with Crippen molar-refractivity contribution < 1.29 is 4.94 Å².